The molecule has 1 amide bonds. The SMILES string of the molecule is CC(C(=O)NCCS(=O)(=O)O)c1ccc(C(=O)c2ccccc2)s1. The van der Waals surface area contributed by atoms with Crippen molar-refractivity contribution in [2.45, 2.75) is 12.8 Å². The maximum atomic E-state index is 12.3. The molecule has 0 spiro atoms. The molecule has 0 saturated carbocycles. The fourth-order valence-corrected chi connectivity index (χ4v) is 3.41. The van der Waals surface area contributed by atoms with E-state index in [2.05, 4.69) is 5.32 Å². The average Bonchev–Trinajstić information content (AvgIpc) is 3.02. The van der Waals surface area contributed by atoms with Crippen molar-refractivity contribution < 1.29 is 22.6 Å². The molecule has 1 aromatic heterocycles. The number of hydrogen-bond acceptors (Lipinski definition) is 5. The molecule has 2 aromatic rings. The summed E-state index contributed by atoms with van der Waals surface area (Å²) in [6.07, 6.45) is 0. The van der Waals surface area contributed by atoms with Crippen LogP contribution < -0.4 is 5.32 Å². The van der Waals surface area contributed by atoms with Gasteiger partial charge in [-0.05, 0) is 19.1 Å². The minimum absolute atomic E-state index is 0.106. The highest BCUT2D eigenvalue weighted by molar-refractivity contribution is 7.85. The molecule has 1 aromatic carbocycles. The average molecular weight is 367 g/mol. The van der Waals surface area contributed by atoms with Crippen LogP contribution in [0.4, 0.5) is 0 Å². The van der Waals surface area contributed by atoms with Gasteiger partial charge in [-0.3, -0.25) is 14.1 Å². The Hall–Kier alpha value is -2.03. The third kappa shape index (κ3) is 4.98. The molecule has 0 aliphatic rings. The van der Waals surface area contributed by atoms with Gasteiger partial charge < -0.3 is 5.32 Å². The predicted molar refractivity (Wildman–Crippen MR) is 92.0 cm³/mol. The zero-order chi connectivity index (χ0) is 17.7. The second-order valence-corrected chi connectivity index (χ2v) is 7.88. The van der Waals surface area contributed by atoms with E-state index in [1.54, 1.807) is 43.3 Å². The van der Waals surface area contributed by atoms with Crippen molar-refractivity contribution in [2.24, 2.45) is 0 Å². The van der Waals surface area contributed by atoms with Gasteiger partial charge in [0.05, 0.1) is 16.5 Å². The minimum atomic E-state index is -4.10. The third-order valence-corrected chi connectivity index (χ3v) is 5.35. The molecule has 2 rings (SSSR count). The van der Waals surface area contributed by atoms with E-state index in [0.29, 0.717) is 15.3 Å². The van der Waals surface area contributed by atoms with Crippen molar-refractivity contribution in [3.8, 4) is 0 Å². The summed E-state index contributed by atoms with van der Waals surface area (Å²) in [7, 11) is -4.10. The van der Waals surface area contributed by atoms with Gasteiger partial charge in [0.15, 0.2) is 0 Å². The number of thiophene rings is 1. The molecular formula is C16H17NO5S2. The standard InChI is InChI=1S/C16H17NO5S2/c1-11(16(19)17-9-10-24(20,21)22)13-7-8-14(23-13)15(18)12-5-3-2-4-6-12/h2-8,11H,9-10H2,1H3,(H,17,19)(H,20,21,22). The molecule has 0 bridgehead atoms. The van der Waals surface area contributed by atoms with Crippen molar-refractivity contribution in [3.05, 3.63) is 57.8 Å². The van der Waals surface area contributed by atoms with E-state index in [4.69, 9.17) is 4.55 Å². The smallest absolute Gasteiger partial charge is 0.266 e. The monoisotopic (exact) mass is 367 g/mol. The first-order valence-electron chi connectivity index (χ1n) is 7.20. The molecule has 24 heavy (non-hydrogen) atoms. The van der Waals surface area contributed by atoms with Crippen LogP contribution in [-0.2, 0) is 14.9 Å². The van der Waals surface area contributed by atoms with Gasteiger partial charge in [0.2, 0.25) is 11.7 Å². The number of carbonyl (C=O) groups is 2. The van der Waals surface area contributed by atoms with E-state index in [1.807, 2.05) is 6.07 Å². The summed E-state index contributed by atoms with van der Waals surface area (Å²) in [6.45, 7) is 1.51. The van der Waals surface area contributed by atoms with Crippen molar-refractivity contribution in [3.63, 3.8) is 0 Å². The Morgan fingerprint density at radius 3 is 2.46 bits per heavy atom. The Bertz CT molecular complexity index is 827. The third-order valence-electron chi connectivity index (χ3n) is 3.37. The van der Waals surface area contributed by atoms with Gasteiger partial charge in [0.25, 0.3) is 10.1 Å². The molecule has 2 N–H and O–H groups in total. The second kappa shape index (κ2) is 7.69. The maximum Gasteiger partial charge on any atom is 0.266 e. The summed E-state index contributed by atoms with van der Waals surface area (Å²) in [4.78, 5) is 25.6. The Kier molecular flexibility index (Phi) is 5.87. The van der Waals surface area contributed by atoms with Crippen LogP contribution in [0.2, 0.25) is 0 Å². The van der Waals surface area contributed by atoms with E-state index >= 15 is 0 Å². The normalized spacial score (nSPS) is 12.6. The quantitative estimate of drug-likeness (QED) is 0.576. The molecule has 0 aliphatic heterocycles. The predicted octanol–water partition coefficient (Wildman–Crippen LogP) is 2.09. The fourth-order valence-electron chi connectivity index (χ4n) is 2.02. The Balaban J connectivity index is 2.01. The molecule has 1 unspecified atom stereocenters. The highest BCUT2D eigenvalue weighted by Crippen LogP contribution is 2.26. The Morgan fingerprint density at radius 2 is 1.83 bits per heavy atom. The van der Waals surface area contributed by atoms with E-state index in [0.717, 1.165) is 0 Å². The molecule has 0 aliphatic carbocycles. The lowest BCUT2D eigenvalue weighted by atomic mass is 10.1. The van der Waals surface area contributed by atoms with E-state index in [-0.39, 0.29) is 18.2 Å². The molecule has 0 radical (unpaired) electrons. The van der Waals surface area contributed by atoms with E-state index in [1.165, 1.54) is 11.3 Å². The lowest BCUT2D eigenvalue weighted by molar-refractivity contribution is -0.122. The number of nitrogens with one attached hydrogen (secondary N) is 1. The fraction of sp³-hybridized carbons (Fsp3) is 0.250. The van der Waals surface area contributed by atoms with Crippen molar-refractivity contribution in [1.29, 1.82) is 0 Å². The zero-order valence-electron chi connectivity index (χ0n) is 12.9. The van der Waals surface area contributed by atoms with Gasteiger partial charge in [-0.15, -0.1) is 11.3 Å². The van der Waals surface area contributed by atoms with Gasteiger partial charge in [0, 0.05) is 17.0 Å². The molecule has 128 valence electrons. The summed E-state index contributed by atoms with van der Waals surface area (Å²) >= 11 is 1.23. The van der Waals surface area contributed by atoms with Gasteiger partial charge >= 0.3 is 0 Å². The summed E-state index contributed by atoms with van der Waals surface area (Å²) in [5.74, 6) is -1.52. The van der Waals surface area contributed by atoms with Gasteiger partial charge in [-0.2, -0.15) is 8.42 Å². The van der Waals surface area contributed by atoms with Crippen molar-refractivity contribution in [1.82, 2.24) is 5.32 Å². The molecule has 0 fully saturated rings. The Morgan fingerprint density at radius 1 is 1.17 bits per heavy atom. The van der Waals surface area contributed by atoms with Crippen LogP contribution in [-0.4, -0.2) is 37.0 Å². The topological polar surface area (TPSA) is 101 Å². The first-order chi connectivity index (χ1) is 11.3. The van der Waals surface area contributed by atoms with Crippen LogP contribution in [0.3, 0.4) is 0 Å². The van der Waals surface area contributed by atoms with Crippen molar-refractivity contribution >= 4 is 33.1 Å². The number of benzene rings is 1. The molecule has 0 saturated heterocycles. The van der Waals surface area contributed by atoms with E-state index in [9.17, 15) is 18.0 Å². The van der Waals surface area contributed by atoms with Crippen molar-refractivity contribution in [2.75, 3.05) is 12.3 Å². The molecule has 1 atom stereocenters. The van der Waals surface area contributed by atoms with Crippen LogP contribution in [0.25, 0.3) is 0 Å². The minimum Gasteiger partial charge on any atom is -0.354 e. The molecule has 8 heteroatoms. The van der Waals surface area contributed by atoms with Gasteiger partial charge in [0.1, 0.15) is 0 Å². The number of rotatable bonds is 7. The van der Waals surface area contributed by atoms with Crippen LogP contribution >= 0.6 is 11.3 Å². The number of carbonyl (C=O) groups excluding carboxylic acids is 2. The Labute approximate surface area is 144 Å². The number of ketones is 1. The highest BCUT2D eigenvalue weighted by atomic mass is 32.2. The lowest BCUT2D eigenvalue weighted by Gasteiger charge is -2.09. The second-order valence-electron chi connectivity index (χ2n) is 5.20. The molecular weight excluding hydrogens is 350 g/mol. The van der Waals surface area contributed by atoms with Gasteiger partial charge in [-0.1, -0.05) is 30.3 Å². The summed E-state index contributed by atoms with van der Waals surface area (Å²) < 4.78 is 29.9. The summed E-state index contributed by atoms with van der Waals surface area (Å²) in [5, 5.41) is 2.45. The zero-order valence-corrected chi connectivity index (χ0v) is 14.6. The maximum absolute atomic E-state index is 12.3. The van der Waals surface area contributed by atoms with E-state index < -0.39 is 21.8 Å². The van der Waals surface area contributed by atoms with Crippen LogP contribution in [0.15, 0.2) is 42.5 Å². The molecule has 1 heterocycles. The van der Waals surface area contributed by atoms with Crippen LogP contribution in [0.5, 0.6) is 0 Å². The van der Waals surface area contributed by atoms with Crippen LogP contribution in [0, 0.1) is 0 Å². The summed E-state index contributed by atoms with van der Waals surface area (Å²) in [5.41, 5.74) is 0.580. The number of amides is 1. The molecule has 6 nitrogen and oxygen atoms in total. The number of hydrogen-bond donors (Lipinski definition) is 2. The van der Waals surface area contributed by atoms with Gasteiger partial charge in [-0.25, -0.2) is 0 Å². The largest absolute Gasteiger partial charge is 0.354 e. The first-order valence-corrected chi connectivity index (χ1v) is 9.63. The van der Waals surface area contributed by atoms with Crippen LogP contribution in [0.1, 0.15) is 33.0 Å². The lowest BCUT2D eigenvalue weighted by Crippen LogP contribution is -2.31. The highest BCUT2D eigenvalue weighted by Gasteiger charge is 2.20. The first kappa shape index (κ1) is 18.3. The summed E-state index contributed by atoms with van der Waals surface area (Å²) in [6, 6.07) is 12.3.